The molecule has 2 nitrogen and oxygen atoms in total. The van der Waals surface area contributed by atoms with Crippen molar-refractivity contribution in [3.05, 3.63) is 88.3 Å². The van der Waals surface area contributed by atoms with Gasteiger partial charge in [-0.05, 0) is 62.0 Å². The zero-order chi connectivity index (χ0) is 17.6. The molecule has 0 bridgehead atoms. The Morgan fingerprint density at radius 1 is 0.880 bits per heavy atom. The number of rotatable bonds is 4. The maximum absolute atomic E-state index is 12.0. The summed E-state index contributed by atoms with van der Waals surface area (Å²) in [7, 11) is 0. The molecule has 0 spiro atoms. The molecule has 0 N–H and O–H groups in total. The summed E-state index contributed by atoms with van der Waals surface area (Å²) in [6.45, 7) is 4.21. The molecule has 0 amide bonds. The van der Waals surface area contributed by atoms with Crippen molar-refractivity contribution in [2.75, 3.05) is 0 Å². The molecule has 128 valence electrons. The normalized spacial score (nSPS) is 17.5. The summed E-state index contributed by atoms with van der Waals surface area (Å²) in [6.07, 6.45) is 15.7. The zero-order valence-electron chi connectivity index (χ0n) is 14.9. The van der Waals surface area contributed by atoms with Gasteiger partial charge in [-0.3, -0.25) is 0 Å². The molecular weight excluding hydrogens is 308 g/mol. The predicted molar refractivity (Wildman–Crippen MR) is 103 cm³/mol. The average molecular weight is 332 g/mol. The van der Waals surface area contributed by atoms with E-state index in [0.29, 0.717) is 0 Å². The molecule has 0 heterocycles. The summed E-state index contributed by atoms with van der Waals surface area (Å²) in [5.74, 6) is 0.421. The van der Waals surface area contributed by atoms with Crippen LogP contribution in [0.3, 0.4) is 0 Å². The van der Waals surface area contributed by atoms with Crippen molar-refractivity contribution in [1.29, 1.82) is 0 Å². The monoisotopic (exact) mass is 332 g/mol. The van der Waals surface area contributed by atoms with E-state index in [1.807, 2.05) is 37.3 Å². The standard InChI is InChI=1S/C23H24O2/c1-17-3-7-19(8-4-17)9-16-23(24)25-22-14-12-21(13-15-22)20-10-5-18(2)6-11-20/h3-5,7-10,12,14,16H,6,11,13,15H2,1-2H3/b16-9+. The zero-order valence-corrected chi connectivity index (χ0v) is 14.9. The van der Waals surface area contributed by atoms with E-state index in [2.05, 4.69) is 25.2 Å². The lowest BCUT2D eigenvalue weighted by atomic mass is 9.89. The van der Waals surface area contributed by atoms with Gasteiger partial charge in [-0.25, -0.2) is 4.79 Å². The maximum atomic E-state index is 12.0. The number of ether oxygens (including phenoxy) is 1. The fraction of sp³-hybridized carbons (Fsp3) is 0.261. The fourth-order valence-electron chi connectivity index (χ4n) is 2.98. The Labute approximate surface area is 149 Å². The first-order valence-electron chi connectivity index (χ1n) is 8.83. The largest absolute Gasteiger partial charge is 0.428 e. The van der Waals surface area contributed by atoms with E-state index in [1.165, 1.54) is 28.4 Å². The smallest absolute Gasteiger partial charge is 0.335 e. The van der Waals surface area contributed by atoms with Gasteiger partial charge in [-0.2, -0.15) is 0 Å². The molecule has 0 radical (unpaired) electrons. The number of carbonyl (C=O) groups excluding carboxylic acids is 1. The molecule has 0 atom stereocenters. The molecule has 0 saturated carbocycles. The van der Waals surface area contributed by atoms with Crippen molar-refractivity contribution in [2.24, 2.45) is 0 Å². The van der Waals surface area contributed by atoms with Crippen LogP contribution in [0.5, 0.6) is 0 Å². The molecule has 25 heavy (non-hydrogen) atoms. The van der Waals surface area contributed by atoms with Crippen molar-refractivity contribution < 1.29 is 9.53 Å². The highest BCUT2D eigenvalue weighted by molar-refractivity contribution is 5.87. The van der Waals surface area contributed by atoms with Gasteiger partial charge in [0, 0.05) is 12.5 Å². The molecule has 0 unspecified atom stereocenters. The average Bonchev–Trinajstić information content (AvgIpc) is 2.63. The van der Waals surface area contributed by atoms with E-state index in [0.717, 1.165) is 37.0 Å². The van der Waals surface area contributed by atoms with E-state index < -0.39 is 0 Å². The minimum Gasteiger partial charge on any atom is -0.428 e. The minimum atomic E-state index is -0.320. The van der Waals surface area contributed by atoms with Crippen LogP contribution in [0.2, 0.25) is 0 Å². The van der Waals surface area contributed by atoms with Crippen LogP contribution >= 0.6 is 0 Å². The van der Waals surface area contributed by atoms with E-state index >= 15 is 0 Å². The Bertz CT molecular complexity index is 799. The molecule has 0 fully saturated rings. The van der Waals surface area contributed by atoms with Gasteiger partial charge in [0.25, 0.3) is 0 Å². The van der Waals surface area contributed by atoms with Crippen LogP contribution in [0.4, 0.5) is 0 Å². The quantitative estimate of drug-likeness (QED) is 0.513. The van der Waals surface area contributed by atoms with E-state index in [9.17, 15) is 4.79 Å². The number of allylic oxidation sites excluding steroid dienone is 8. The number of esters is 1. The third-order valence-corrected chi connectivity index (χ3v) is 4.60. The van der Waals surface area contributed by atoms with Gasteiger partial charge in [0.2, 0.25) is 0 Å². The second kappa shape index (κ2) is 7.98. The van der Waals surface area contributed by atoms with Crippen LogP contribution in [0.25, 0.3) is 6.08 Å². The summed E-state index contributed by atoms with van der Waals surface area (Å²) in [5.41, 5.74) is 6.40. The van der Waals surface area contributed by atoms with Crippen molar-refractivity contribution in [3.63, 3.8) is 0 Å². The van der Waals surface area contributed by atoms with Crippen molar-refractivity contribution in [3.8, 4) is 0 Å². The van der Waals surface area contributed by atoms with Gasteiger partial charge in [0.05, 0.1) is 0 Å². The van der Waals surface area contributed by atoms with Crippen LogP contribution < -0.4 is 0 Å². The second-order valence-electron chi connectivity index (χ2n) is 6.69. The van der Waals surface area contributed by atoms with Crippen molar-refractivity contribution in [1.82, 2.24) is 0 Å². The Hall–Kier alpha value is -2.61. The predicted octanol–water partition coefficient (Wildman–Crippen LogP) is 5.82. The minimum absolute atomic E-state index is 0.320. The first-order valence-corrected chi connectivity index (χ1v) is 8.83. The number of hydrogen-bond acceptors (Lipinski definition) is 2. The number of aryl methyl sites for hydroxylation is 1. The number of carbonyl (C=O) groups is 1. The van der Waals surface area contributed by atoms with Gasteiger partial charge in [-0.15, -0.1) is 0 Å². The summed E-state index contributed by atoms with van der Waals surface area (Å²) in [6, 6.07) is 8.03. The number of hydrogen-bond donors (Lipinski definition) is 0. The molecular formula is C23H24O2. The lowest BCUT2D eigenvalue weighted by Gasteiger charge is -2.19. The van der Waals surface area contributed by atoms with Crippen LogP contribution in [0.15, 0.2) is 77.1 Å². The molecule has 0 saturated heterocycles. The molecule has 2 heteroatoms. The molecule has 1 aromatic carbocycles. The van der Waals surface area contributed by atoms with E-state index in [1.54, 1.807) is 6.08 Å². The molecule has 3 rings (SSSR count). The summed E-state index contributed by atoms with van der Waals surface area (Å²) >= 11 is 0. The SMILES string of the molecule is CC1=CC=C(C2=CC=C(OC(=O)/C=C/c3ccc(C)cc3)CC2)CC1. The van der Waals surface area contributed by atoms with Crippen LogP contribution in [-0.4, -0.2) is 5.97 Å². The second-order valence-corrected chi connectivity index (χ2v) is 6.69. The van der Waals surface area contributed by atoms with E-state index in [4.69, 9.17) is 4.74 Å². The maximum Gasteiger partial charge on any atom is 0.335 e. The molecule has 2 aliphatic carbocycles. The third-order valence-electron chi connectivity index (χ3n) is 4.60. The summed E-state index contributed by atoms with van der Waals surface area (Å²) in [4.78, 5) is 12.0. The van der Waals surface area contributed by atoms with Crippen molar-refractivity contribution in [2.45, 2.75) is 39.5 Å². The van der Waals surface area contributed by atoms with Gasteiger partial charge in [0.15, 0.2) is 0 Å². The lowest BCUT2D eigenvalue weighted by molar-refractivity contribution is -0.133. The van der Waals surface area contributed by atoms with Gasteiger partial charge < -0.3 is 4.74 Å². The van der Waals surface area contributed by atoms with Gasteiger partial charge in [-0.1, -0.05) is 53.6 Å². The van der Waals surface area contributed by atoms with Gasteiger partial charge >= 0.3 is 5.97 Å². The topological polar surface area (TPSA) is 26.3 Å². The Kier molecular flexibility index (Phi) is 5.49. The molecule has 2 aliphatic rings. The first kappa shape index (κ1) is 17.2. The summed E-state index contributed by atoms with van der Waals surface area (Å²) < 4.78 is 5.45. The lowest BCUT2D eigenvalue weighted by Crippen LogP contribution is -2.05. The number of benzene rings is 1. The highest BCUT2D eigenvalue weighted by atomic mass is 16.5. The van der Waals surface area contributed by atoms with Crippen molar-refractivity contribution >= 4 is 12.0 Å². The van der Waals surface area contributed by atoms with Crippen LogP contribution in [0.1, 0.15) is 43.7 Å². The van der Waals surface area contributed by atoms with Crippen LogP contribution in [-0.2, 0) is 9.53 Å². The Balaban J connectivity index is 1.58. The van der Waals surface area contributed by atoms with Crippen LogP contribution in [0, 0.1) is 6.92 Å². The summed E-state index contributed by atoms with van der Waals surface area (Å²) in [5, 5.41) is 0. The first-order chi connectivity index (χ1) is 12.1. The Morgan fingerprint density at radius 2 is 1.56 bits per heavy atom. The van der Waals surface area contributed by atoms with Gasteiger partial charge in [0.1, 0.15) is 5.76 Å². The molecule has 0 aromatic heterocycles. The molecule has 1 aromatic rings. The fourth-order valence-corrected chi connectivity index (χ4v) is 2.98. The highest BCUT2D eigenvalue weighted by Crippen LogP contribution is 2.30. The highest BCUT2D eigenvalue weighted by Gasteiger charge is 2.14. The third kappa shape index (κ3) is 4.93. The van der Waals surface area contributed by atoms with E-state index in [-0.39, 0.29) is 5.97 Å². The Morgan fingerprint density at radius 3 is 2.16 bits per heavy atom. The molecule has 0 aliphatic heterocycles.